The molecule has 2 radical (unpaired) electrons. The predicted molar refractivity (Wildman–Crippen MR) is 54.6 cm³/mol. The monoisotopic (exact) mass is 188 g/mol. The van der Waals surface area contributed by atoms with Gasteiger partial charge in [-0.05, 0) is 6.07 Å². The fourth-order valence-corrected chi connectivity index (χ4v) is 1.50. The number of benzene rings is 1. The maximum absolute atomic E-state index is 13.3. The molecule has 0 atom stereocenters. The Balaban J connectivity index is 2.15. The predicted octanol–water partition coefficient (Wildman–Crippen LogP) is 1.72. The second-order valence-electron chi connectivity index (χ2n) is 3.34. The van der Waals surface area contributed by atoms with Gasteiger partial charge in [0.1, 0.15) is 19.7 Å². The van der Waals surface area contributed by atoms with Gasteiger partial charge in [-0.25, -0.2) is 4.39 Å². The van der Waals surface area contributed by atoms with Crippen LogP contribution in [0.5, 0.6) is 5.75 Å². The molecule has 0 aromatic heterocycles. The van der Waals surface area contributed by atoms with E-state index in [1.807, 2.05) is 12.2 Å². The first kappa shape index (κ1) is 9.32. The van der Waals surface area contributed by atoms with Crippen molar-refractivity contribution < 1.29 is 9.13 Å². The zero-order valence-electron chi connectivity index (χ0n) is 7.74. The SMILES string of the molecule is [B]c1cccc(F)c1OC1CC=CC1. The van der Waals surface area contributed by atoms with Crippen LogP contribution in [0.25, 0.3) is 0 Å². The molecule has 1 aliphatic rings. The van der Waals surface area contributed by atoms with Gasteiger partial charge in [-0.3, -0.25) is 0 Å². The fraction of sp³-hybridized carbons (Fsp3) is 0.273. The van der Waals surface area contributed by atoms with E-state index < -0.39 is 5.82 Å². The standard InChI is InChI=1S/C11H10BFO/c12-9-6-3-7-10(13)11(9)14-8-4-1-2-5-8/h1-3,6-8H,4-5H2. The largest absolute Gasteiger partial charge is 0.487 e. The Morgan fingerprint density at radius 1 is 1.29 bits per heavy atom. The third-order valence-electron chi connectivity index (χ3n) is 2.25. The maximum atomic E-state index is 13.3. The van der Waals surface area contributed by atoms with E-state index in [1.165, 1.54) is 6.07 Å². The average molecular weight is 188 g/mol. The molecule has 2 rings (SSSR count). The number of hydrogen-bond donors (Lipinski definition) is 0. The van der Waals surface area contributed by atoms with Gasteiger partial charge in [0.25, 0.3) is 0 Å². The van der Waals surface area contributed by atoms with Gasteiger partial charge in [-0.2, -0.15) is 0 Å². The van der Waals surface area contributed by atoms with Gasteiger partial charge >= 0.3 is 0 Å². The van der Waals surface area contributed by atoms with E-state index in [2.05, 4.69) is 0 Å². The Hall–Kier alpha value is -1.25. The summed E-state index contributed by atoms with van der Waals surface area (Å²) < 4.78 is 18.8. The van der Waals surface area contributed by atoms with Crippen molar-refractivity contribution in [2.75, 3.05) is 0 Å². The van der Waals surface area contributed by atoms with E-state index in [9.17, 15) is 4.39 Å². The van der Waals surface area contributed by atoms with Crippen LogP contribution in [0.4, 0.5) is 4.39 Å². The van der Waals surface area contributed by atoms with Gasteiger partial charge in [0.05, 0.1) is 0 Å². The van der Waals surface area contributed by atoms with Crippen molar-refractivity contribution in [3.05, 3.63) is 36.2 Å². The molecule has 1 aromatic carbocycles. The number of hydrogen-bond acceptors (Lipinski definition) is 1. The van der Waals surface area contributed by atoms with Crippen molar-refractivity contribution in [3.8, 4) is 5.75 Å². The summed E-state index contributed by atoms with van der Waals surface area (Å²) in [6.45, 7) is 0. The van der Waals surface area contributed by atoms with E-state index in [4.69, 9.17) is 12.6 Å². The molecule has 0 spiro atoms. The van der Waals surface area contributed by atoms with Crippen molar-refractivity contribution in [2.24, 2.45) is 0 Å². The lowest BCUT2D eigenvalue weighted by atomic mass is 9.95. The molecule has 1 aliphatic carbocycles. The zero-order valence-corrected chi connectivity index (χ0v) is 7.74. The quantitative estimate of drug-likeness (QED) is 0.507. The van der Waals surface area contributed by atoms with E-state index >= 15 is 0 Å². The Bertz CT molecular complexity index is 334. The van der Waals surface area contributed by atoms with Crippen LogP contribution in [0.15, 0.2) is 30.4 Å². The topological polar surface area (TPSA) is 9.23 Å². The van der Waals surface area contributed by atoms with Gasteiger partial charge in [0, 0.05) is 12.8 Å². The van der Waals surface area contributed by atoms with Gasteiger partial charge < -0.3 is 4.74 Å². The molecule has 3 heteroatoms. The number of para-hydroxylation sites is 1. The van der Waals surface area contributed by atoms with Crippen LogP contribution in [0.3, 0.4) is 0 Å². The van der Waals surface area contributed by atoms with Crippen LogP contribution in [0, 0.1) is 5.82 Å². The minimum Gasteiger partial charge on any atom is -0.487 e. The molecular formula is C11H10BFO. The highest BCUT2D eigenvalue weighted by atomic mass is 19.1. The van der Waals surface area contributed by atoms with Crippen LogP contribution in [0.2, 0.25) is 0 Å². The summed E-state index contributed by atoms with van der Waals surface area (Å²) >= 11 is 0. The van der Waals surface area contributed by atoms with Crippen molar-refractivity contribution in [1.29, 1.82) is 0 Å². The fourth-order valence-electron chi connectivity index (χ4n) is 1.50. The Labute approximate surface area is 84.0 Å². The van der Waals surface area contributed by atoms with Crippen molar-refractivity contribution >= 4 is 13.3 Å². The Morgan fingerprint density at radius 3 is 2.64 bits per heavy atom. The molecule has 0 unspecified atom stereocenters. The summed E-state index contributed by atoms with van der Waals surface area (Å²) in [6, 6.07) is 4.57. The van der Waals surface area contributed by atoms with Crippen molar-refractivity contribution in [3.63, 3.8) is 0 Å². The number of ether oxygens (including phenoxy) is 1. The van der Waals surface area contributed by atoms with Crippen LogP contribution in [-0.4, -0.2) is 14.0 Å². The molecule has 14 heavy (non-hydrogen) atoms. The number of rotatable bonds is 2. The third-order valence-corrected chi connectivity index (χ3v) is 2.25. The molecule has 1 aromatic rings. The normalized spacial score (nSPS) is 16.1. The highest BCUT2D eigenvalue weighted by Gasteiger charge is 2.15. The molecule has 0 heterocycles. The van der Waals surface area contributed by atoms with Gasteiger partial charge in [-0.15, -0.1) is 0 Å². The van der Waals surface area contributed by atoms with Gasteiger partial charge in [0.15, 0.2) is 5.82 Å². The smallest absolute Gasteiger partial charge is 0.164 e. The molecule has 1 nitrogen and oxygen atoms in total. The number of halogens is 1. The Morgan fingerprint density at radius 2 is 2.00 bits per heavy atom. The van der Waals surface area contributed by atoms with Crippen LogP contribution in [0.1, 0.15) is 12.8 Å². The molecule has 0 aliphatic heterocycles. The highest BCUT2D eigenvalue weighted by Crippen LogP contribution is 2.20. The van der Waals surface area contributed by atoms with Gasteiger partial charge in [-0.1, -0.05) is 29.7 Å². The van der Waals surface area contributed by atoms with Gasteiger partial charge in [0.2, 0.25) is 0 Å². The molecule has 0 bridgehead atoms. The molecule has 0 N–H and O–H groups in total. The first-order valence-corrected chi connectivity index (χ1v) is 4.63. The van der Waals surface area contributed by atoms with Crippen LogP contribution >= 0.6 is 0 Å². The first-order chi connectivity index (χ1) is 6.77. The van der Waals surface area contributed by atoms with E-state index in [-0.39, 0.29) is 11.9 Å². The molecule has 0 saturated heterocycles. The van der Waals surface area contributed by atoms with E-state index in [0.29, 0.717) is 5.46 Å². The molecule has 0 fully saturated rings. The minimum atomic E-state index is -0.392. The minimum absolute atomic E-state index is 0.0363. The first-order valence-electron chi connectivity index (χ1n) is 4.63. The summed E-state index contributed by atoms with van der Waals surface area (Å²) in [7, 11) is 5.61. The van der Waals surface area contributed by atoms with Crippen molar-refractivity contribution in [2.45, 2.75) is 18.9 Å². The Kier molecular flexibility index (Phi) is 2.57. The average Bonchev–Trinajstić information content (AvgIpc) is 2.64. The van der Waals surface area contributed by atoms with Crippen LogP contribution in [-0.2, 0) is 0 Å². The summed E-state index contributed by atoms with van der Waals surface area (Å²) in [4.78, 5) is 0. The zero-order chi connectivity index (χ0) is 9.97. The van der Waals surface area contributed by atoms with E-state index in [1.54, 1.807) is 12.1 Å². The highest BCUT2D eigenvalue weighted by molar-refractivity contribution is 6.34. The second kappa shape index (κ2) is 3.87. The lowest BCUT2D eigenvalue weighted by Gasteiger charge is -2.15. The lowest BCUT2D eigenvalue weighted by Crippen LogP contribution is -2.18. The molecule has 0 amide bonds. The second-order valence-corrected chi connectivity index (χ2v) is 3.34. The molecule has 0 saturated carbocycles. The maximum Gasteiger partial charge on any atom is 0.164 e. The van der Waals surface area contributed by atoms with E-state index in [0.717, 1.165) is 12.8 Å². The summed E-state index contributed by atoms with van der Waals surface area (Å²) in [5.74, 6) is -0.210. The third kappa shape index (κ3) is 1.81. The molecular weight excluding hydrogens is 178 g/mol. The summed E-state index contributed by atoms with van der Waals surface area (Å²) in [5.41, 5.74) is 0.358. The lowest BCUT2D eigenvalue weighted by molar-refractivity contribution is 0.209. The summed E-state index contributed by atoms with van der Waals surface area (Å²) in [6.07, 6.45) is 5.75. The summed E-state index contributed by atoms with van der Waals surface area (Å²) in [5, 5.41) is 0. The van der Waals surface area contributed by atoms with Crippen LogP contribution < -0.4 is 10.2 Å². The van der Waals surface area contributed by atoms with Crippen molar-refractivity contribution in [1.82, 2.24) is 0 Å². The molecule has 70 valence electrons.